The van der Waals surface area contributed by atoms with E-state index < -0.39 is 10.8 Å². The van der Waals surface area contributed by atoms with E-state index in [-0.39, 0.29) is 6.61 Å². The van der Waals surface area contributed by atoms with Crippen molar-refractivity contribution in [2.24, 2.45) is 0 Å². The van der Waals surface area contributed by atoms with Gasteiger partial charge in [-0.25, -0.2) is 0 Å². The Bertz CT molecular complexity index is 360. The highest BCUT2D eigenvalue weighted by Crippen LogP contribution is 2.16. The minimum absolute atomic E-state index is 0.0341. The summed E-state index contributed by atoms with van der Waals surface area (Å²) >= 11 is 0. The monoisotopic (exact) mass is 226 g/mol. The second kappa shape index (κ2) is 4.72. The third-order valence-corrected chi connectivity index (χ3v) is 3.78. The number of rotatable bonds is 2. The maximum Gasteiger partial charge on any atom is 0.0853 e. The highest BCUT2D eigenvalue weighted by molar-refractivity contribution is 7.85. The van der Waals surface area contributed by atoms with Gasteiger partial charge in [0.15, 0.2) is 0 Å². The zero-order chi connectivity index (χ0) is 10.7. The van der Waals surface area contributed by atoms with Crippen molar-refractivity contribution in [3.8, 4) is 0 Å². The van der Waals surface area contributed by atoms with Crippen LogP contribution in [0.2, 0.25) is 0 Å². The third kappa shape index (κ3) is 2.54. The van der Waals surface area contributed by atoms with Crippen LogP contribution in [-0.4, -0.2) is 38.9 Å². The zero-order valence-electron chi connectivity index (χ0n) is 8.43. The van der Waals surface area contributed by atoms with Gasteiger partial charge >= 0.3 is 0 Å². The molecule has 5 heteroatoms. The molecule has 1 aliphatic rings. The number of nitrogens with zero attached hydrogens (tertiary/aromatic N) is 2. The SMILES string of the molecule is O=S1CCN(c2ccnc(CO)c2)CC1. The van der Waals surface area contributed by atoms with E-state index >= 15 is 0 Å². The summed E-state index contributed by atoms with van der Waals surface area (Å²) in [5, 5.41) is 8.97. The molecule has 0 unspecified atom stereocenters. The molecule has 4 nitrogen and oxygen atoms in total. The first kappa shape index (κ1) is 10.6. The van der Waals surface area contributed by atoms with Crippen molar-refractivity contribution in [3.05, 3.63) is 24.0 Å². The molecular weight excluding hydrogens is 212 g/mol. The smallest absolute Gasteiger partial charge is 0.0853 e. The van der Waals surface area contributed by atoms with Crippen molar-refractivity contribution in [3.63, 3.8) is 0 Å². The van der Waals surface area contributed by atoms with Gasteiger partial charge in [-0.1, -0.05) is 0 Å². The molecule has 1 aromatic heterocycles. The van der Waals surface area contributed by atoms with Crippen LogP contribution in [-0.2, 0) is 17.4 Å². The number of aromatic nitrogens is 1. The lowest BCUT2D eigenvalue weighted by Crippen LogP contribution is -2.37. The third-order valence-electron chi connectivity index (χ3n) is 2.51. The average molecular weight is 226 g/mol. The van der Waals surface area contributed by atoms with Gasteiger partial charge < -0.3 is 10.0 Å². The van der Waals surface area contributed by atoms with Crippen LogP contribution in [0.15, 0.2) is 18.3 Å². The van der Waals surface area contributed by atoms with Crippen LogP contribution < -0.4 is 4.90 Å². The Hall–Kier alpha value is -0.940. The minimum atomic E-state index is -0.648. The predicted octanol–water partition coefficient (Wildman–Crippen LogP) is 0.143. The number of hydrogen-bond acceptors (Lipinski definition) is 4. The lowest BCUT2D eigenvalue weighted by molar-refractivity contribution is 0.277. The van der Waals surface area contributed by atoms with Crippen molar-refractivity contribution < 1.29 is 9.32 Å². The second-order valence-electron chi connectivity index (χ2n) is 3.50. The summed E-state index contributed by atoms with van der Waals surface area (Å²) in [7, 11) is -0.648. The van der Waals surface area contributed by atoms with E-state index in [2.05, 4.69) is 9.88 Å². The van der Waals surface area contributed by atoms with Crippen molar-refractivity contribution >= 4 is 16.5 Å². The molecule has 82 valence electrons. The minimum Gasteiger partial charge on any atom is -0.390 e. The molecule has 1 aliphatic heterocycles. The molecule has 0 aliphatic carbocycles. The highest BCUT2D eigenvalue weighted by atomic mass is 32.2. The normalized spacial score (nSPS) is 18.1. The molecule has 1 fully saturated rings. The maximum absolute atomic E-state index is 11.2. The van der Waals surface area contributed by atoms with Gasteiger partial charge in [-0.2, -0.15) is 0 Å². The van der Waals surface area contributed by atoms with Crippen LogP contribution in [0.5, 0.6) is 0 Å². The fraction of sp³-hybridized carbons (Fsp3) is 0.500. The van der Waals surface area contributed by atoms with E-state index in [9.17, 15) is 4.21 Å². The summed E-state index contributed by atoms with van der Waals surface area (Å²) in [6.07, 6.45) is 1.70. The Morgan fingerprint density at radius 3 is 2.87 bits per heavy atom. The van der Waals surface area contributed by atoms with Crippen LogP contribution in [0.4, 0.5) is 5.69 Å². The van der Waals surface area contributed by atoms with E-state index in [1.807, 2.05) is 12.1 Å². The first-order valence-corrected chi connectivity index (χ1v) is 6.44. The molecule has 0 amide bonds. The predicted molar refractivity (Wildman–Crippen MR) is 60.2 cm³/mol. The van der Waals surface area contributed by atoms with E-state index in [1.165, 1.54) is 0 Å². The zero-order valence-corrected chi connectivity index (χ0v) is 9.24. The summed E-state index contributed by atoms with van der Waals surface area (Å²) in [5.41, 5.74) is 1.74. The summed E-state index contributed by atoms with van der Waals surface area (Å²) in [6.45, 7) is 1.61. The van der Waals surface area contributed by atoms with Crippen LogP contribution in [0, 0.1) is 0 Å². The molecule has 1 saturated heterocycles. The Morgan fingerprint density at radius 1 is 1.47 bits per heavy atom. The van der Waals surface area contributed by atoms with Gasteiger partial charge in [0.2, 0.25) is 0 Å². The van der Waals surface area contributed by atoms with Crippen LogP contribution in [0.1, 0.15) is 5.69 Å². The molecule has 2 heterocycles. The number of hydrogen-bond donors (Lipinski definition) is 1. The van der Waals surface area contributed by atoms with Crippen LogP contribution in [0.25, 0.3) is 0 Å². The quantitative estimate of drug-likeness (QED) is 0.779. The highest BCUT2D eigenvalue weighted by Gasteiger charge is 2.15. The number of pyridine rings is 1. The Morgan fingerprint density at radius 2 is 2.20 bits per heavy atom. The topological polar surface area (TPSA) is 53.4 Å². The number of anilines is 1. The lowest BCUT2D eigenvalue weighted by Gasteiger charge is -2.28. The fourth-order valence-electron chi connectivity index (χ4n) is 1.64. The van der Waals surface area contributed by atoms with Crippen molar-refractivity contribution in [2.45, 2.75) is 6.61 Å². The molecule has 0 saturated carbocycles. The lowest BCUT2D eigenvalue weighted by atomic mass is 10.3. The molecule has 0 bridgehead atoms. The van der Waals surface area contributed by atoms with Gasteiger partial charge in [-0.3, -0.25) is 9.19 Å². The van der Waals surface area contributed by atoms with Gasteiger partial charge in [0.05, 0.1) is 12.3 Å². The van der Waals surface area contributed by atoms with E-state index in [0.717, 1.165) is 30.3 Å². The first-order chi connectivity index (χ1) is 7.29. The average Bonchev–Trinajstić information content (AvgIpc) is 2.30. The molecule has 1 N–H and O–H groups in total. The number of aliphatic hydroxyl groups excluding tert-OH is 1. The summed E-state index contributed by atoms with van der Waals surface area (Å²) in [5.74, 6) is 1.47. The molecule has 0 aromatic carbocycles. The Labute approximate surface area is 91.4 Å². The van der Waals surface area contributed by atoms with E-state index in [1.54, 1.807) is 6.20 Å². The van der Waals surface area contributed by atoms with E-state index in [4.69, 9.17) is 5.11 Å². The second-order valence-corrected chi connectivity index (χ2v) is 5.19. The fourth-order valence-corrected chi connectivity index (χ4v) is 2.70. The van der Waals surface area contributed by atoms with Gasteiger partial charge in [-0.15, -0.1) is 0 Å². The molecule has 15 heavy (non-hydrogen) atoms. The molecule has 1 aromatic rings. The molecule has 2 rings (SSSR count). The Balaban J connectivity index is 2.11. The first-order valence-electron chi connectivity index (χ1n) is 4.95. The van der Waals surface area contributed by atoms with Gasteiger partial charge in [0.1, 0.15) is 0 Å². The molecule has 0 spiro atoms. The molecule has 0 atom stereocenters. The Kier molecular flexibility index (Phi) is 3.33. The largest absolute Gasteiger partial charge is 0.390 e. The van der Waals surface area contributed by atoms with Gasteiger partial charge in [-0.05, 0) is 12.1 Å². The van der Waals surface area contributed by atoms with Crippen LogP contribution >= 0.6 is 0 Å². The summed E-state index contributed by atoms with van der Waals surface area (Å²) in [4.78, 5) is 6.21. The van der Waals surface area contributed by atoms with E-state index in [0.29, 0.717) is 5.69 Å². The molecule has 0 radical (unpaired) electrons. The van der Waals surface area contributed by atoms with Crippen molar-refractivity contribution in [2.75, 3.05) is 29.5 Å². The maximum atomic E-state index is 11.2. The van der Waals surface area contributed by atoms with Crippen LogP contribution in [0.3, 0.4) is 0 Å². The summed E-state index contributed by atoms with van der Waals surface area (Å²) < 4.78 is 11.2. The summed E-state index contributed by atoms with van der Waals surface area (Å²) in [6, 6.07) is 3.81. The number of aliphatic hydroxyl groups is 1. The van der Waals surface area contributed by atoms with Crippen molar-refractivity contribution in [1.29, 1.82) is 0 Å². The molecular formula is C10H14N2O2S. The van der Waals surface area contributed by atoms with Gasteiger partial charge in [0.25, 0.3) is 0 Å². The standard InChI is InChI=1S/C10H14N2O2S/c13-8-9-7-10(1-2-11-9)12-3-5-15(14)6-4-12/h1-2,7,13H,3-6,8H2. The van der Waals surface area contributed by atoms with Gasteiger partial charge in [0, 0.05) is 47.3 Å². The van der Waals surface area contributed by atoms with Crippen molar-refractivity contribution in [1.82, 2.24) is 4.98 Å².